The molecule has 0 saturated carbocycles. The molecule has 34 heavy (non-hydrogen) atoms. The minimum absolute atomic E-state index is 0.00633. The van der Waals surface area contributed by atoms with Crippen LogP contribution in [0.3, 0.4) is 0 Å². The molecule has 0 bridgehead atoms. The van der Waals surface area contributed by atoms with Crippen molar-refractivity contribution in [2.45, 2.75) is 33.4 Å². The molecule has 1 aromatic heterocycles. The first-order valence-electron chi connectivity index (χ1n) is 11.3. The van der Waals surface area contributed by atoms with Gasteiger partial charge in [0.2, 0.25) is 0 Å². The molecule has 5 rings (SSSR count). The Bertz CT molecular complexity index is 1370. The van der Waals surface area contributed by atoms with Crippen LogP contribution in [0.15, 0.2) is 71.3 Å². The van der Waals surface area contributed by atoms with Crippen LogP contribution < -0.4 is 9.64 Å². The van der Waals surface area contributed by atoms with Crippen molar-refractivity contribution in [2.24, 2.45) is 0 Å². The van der Waals surface area contributed by atoms with E-state index >= 15 is 0 Å². The van der Waals surface area contributed by atoms with Crippen LogP contribution in [0.25, 0.3) is 11.0 Å². The van der Waals surface area contributed by atoms with E-state index in [1.807, 2.05) is 67.6 Å². The van der Waals surface area contributed by atoms with E-state index in [4.69, 9.17) is 13.9 Å². The molecule has 0 spiro atoms. The maximum Gasteiger partial charge on any atom is 0.310 e. The molecule has 172 valence electrons. The molecular weight excluding hydrogens is 430 g/mol. The lowest BCUT2D eigenvalue weighted by Crippen LogP contribution is -2.22. The summed E-state index contributed by atoms with van der Waals surface area (Å²) in [6, 6.07) is 19.3. The Balaban J connectivity index is 1.32. The Labute approximate surface area is 197 Å². The third-order valence-electron chi connectivity index (χ3n) is 6.07. The summed E-state index contributed by atoms with van der Waals surface area (Å²) >= 11 is 0. The standard InChI is InChI=1S/C28H25NO5/c1-3-32-27(30)13-20-17-34-26-14-22(11-12-23(20)26)33-16-19-5-4-6-24-25(19)15-29(28(24)31)21-9-7-18(2)8-10-21/h4-12,14,17H,3,13,15-16H2,1-2H3. The number of hydrogen-bond donors (Lipinski definition) is 0. The molecule has 0 fully saturated rings. The number of fused-ring (bicyclic) bond motifs is 2. The molecule has 1 amide bonds. The topological polar surface area (TPSA) is 69.0 Å². The number of anilines is 1. The van der Waals surface area contributed by atoms with Crippen LogP contribution in [-0.2, 0) is 29.1 Å². The fourth-order valence-corrected chi connectivity index (χ4v) is 4.28. The predicted molar refractivity (Wildman–Crippen MR) is 129 cm³/mol. The maximum atomic E-state index is 13.0. The Kier molecular flexibility index (Phi) is 5.80. The van der Waals surface area contributed by atoms with Gasteiger partial charge in [0, 0.05) is 28.3 Å². The molecule has 0 N–H and O–H groups in total. The van der Waals surface area contributed by atoms with Crippen molar-refractivity contribution in [3.63, 3.8) is 0 Å². The van der Waals surface area contributed by atoms with Gasteiger partial charge in [0.05, 0.1) is 25.8 Å². The third kappa shape index (κ3) is 4.15. The lowest BCUT2D eigenvalue weighted by molar-refractivity contribution is -0.142. The van der Waals surface area contributed by atoms with E-state index in [2.05, 4.69) is 0 Å². The van der Waals surface area contributed by atoms with Gasteiger partial charge < -0.3 is 18.8 Å². The summed E-state index contributed by atoms with van der Waals surface area (Å²) in [4.78, 5) is 26.6. The fourth-order valence-electron chi connectivity index (χ4n) is 4.28. The van der Waals surface area contributed by atoms with Crippen molar-refractivity contribution in [1.82, 2.24) is 0 Å². The second-order valence-electron chi connectivity index (χ2n) is 8.36. The van der Waals surface area contributed by atoms with Gasteiger partial charge >= 0.3 is 5.97 Å². The second-order valence-corrected chi connectivity index (χ2v) is 8.36. The number of aryl methyl sites for hydroxylation is 1. The highest BCUT2D eigenvalue weighted by molar-refractivity contribution is 6.10. The number of ether oxygens (including phenoxy) is 2. The Morgan fingerprint density at radius 2 is 1.88 bits per heavy atom. The Hall–Kier alpha value is -4.06. The number of carbonyl (C=O) groups is 2. The van der Waals surface area contributed by atoms with Crippen molar-refractivity contribution >= 4 is 28.5 Å². The zero-order valence-corrected chi connectivity index (χ0v) is 19.2. The highest BCUT2D eigenvalue weighted by atomic mass is 16.5. The average molecular weight is 456 g/mol. The predicted octanol–water partition coefficient (Wildman–Crippen LogP) is 5.59. The van der Waals surface area contributed by atoms with Crippen molar-refractivity contribution < 1.29 is 23.5 Å². The lowest BCUT2D eigenvalue weighted by Gasteiger charge is -2.16. The van der Waals surface area contributed by atoms with Crippen molar-refractivity contribution in [2.75, 3.05) is 11.5 Å². The summed E-state index contributed by atoms with van der Waals surface area (Å²) < 4.78 is 16.7. The van der Waals surface area contributed by atoms with Gasteiger partial charge in [-0.05, 0) is 55.3 Å². The molecule has 0 atom stereocenters. The molecular formula is C28H25NO5. The number of hydrogen-bond acceptors (Lipinski definition) is 5. The Morgan fingerprint density at radius 1 is 1.06 bits per heavy atom. The van der Waals surface area contributed by atoms with Gasteiger partial charge in [-0.25, -0.2) is 0 Å². The molecule has 2 heterocycles. The summed E-state index contributed by atoms with van der Waals surface area (Å²) in [6.07, 6.45) is 1.75. The van der Waals surface area contributed by atoms with Crippen molar-refractivity contribution in [3.05, 3.63) is 94.7 Å². The van der Waals surface area contributed by atoms with Gasteiger partial charge in [0.15, 0.2) is 0 Å². The highest BCUT2D eigenvalue weighted by Gasteiger charge is 2.30. The summed E-state index contributed by atoms with van der Waals surface area (Å²) in [5.41, 5.74) is 6.16. The zero-order chi connectivity index (χ0) is 23.7. The molecule has 6 nitrogen and oxygen atoms in total. The summed E-state index contributed by atoms with van der Waals surface area (Å²) in [7, 11) is 0. The molecule has 3 aromatic carbocycles. The third-order valence-corrected chi connectivity index (χ3v) is 6.07. The number of furan rings is 1. The highest BCUT2D eigenvalue weighted by Crippen LogP contribution is 2.32. The molecule has 4 aromatic rings. The molecule has 1 aliphatic heterocycles. The van der Waals surface area contributed by atoms with Crippen LogP contribution in [0.1, 0.15) is 39.5 Å². The van der Waals surface area contributed by atoms with Crippen molar-refractivity contribution in [1.29, 1.82) is 0 Å². The number of carbonyl (C=O) groups excluding carboxylic acids is 2. The molecule has 0 aliphatic carbocycles. The normalized spacial score (nSPS) is 12.8. The van der Waals surface area contributed by atoms with E-state index in [0.717, 1.165) is 33.3 Å². The van der Waals surface area contributed by atoms with E-state index in [-0.39, 0.29) is 18.3 Å². The first-order chi connectivity index (χ1) is 16.5. The lowest BCUT2D eigenvalue weighted by atomic mass is 10.0. The van der Waals surface area contributed by atoms with Crippen LogP contribution in [0.5, 0.6) is 5.75 Å². The van der Waals surface area contributed by atoms with E-state index < -0.39 is 0 Å². The average Bonchev–Trinajstić information content (AvgIpc) is 3.39. The molecule has 6 heteroatoms. The van der Waals surface area contributed by atoms with Crippen molar-refractivity contribution in [3.8, 4) is 5.75 Å². The van der Waals surface area contributed by atoms with Crippen LogP contribution in [0.2, 0.25) is 0 Å². The second kappa shape index (κ2) is 9.06. The van der Waals surface area contributed by atoms with E-state index in [0.29, 0.717) is 36.7 Å². The number of benzene rings is 3. The van der Waals surface area contributed by atoms with Crippen LogP contribution >= 0.6 is 0 Å². The number of nitrogens with zero attached hydrogens (tertiary/aromatic N) is 1. The van der Waals surface area contributed by atoms with Gasteiger partial charge in [-0.2, -0.15) is 0 Å². The van der Waals surface area contributed by atoms with E-state index in [1.165, 1.54) is 0 Å². The smallest absolute Gasteiger partial charge is 0.310 e. The number of esters is 1. The molecule has 0 saturated heterocycles. The van der Waals surface area contributed by atoms with Gasteiger partial charge in [0.25, 0.3) is 5.91 Å². The van der Waals surface area contributed by atoms with Gasteiger partial charge in [-0.1, -0.05) is 29.8 Å². The van der Waals surface area contributed by atoms with Crippen LogP contribution in [0, 0.1) is 6.92 Å². The first-order valence-corrected chi connectivity index (χ1v) is 11.3. The molecule has 0 unspecified atom stereocenters. The fraction of sp³-hybridized carbons (Fsp3) is 0.214. The minimum Gasteiger partial charge on any atom is -0.489 e. The molecule has 1 aliphatic rings. The minimum atomic E-state index is -0.280. The van der Waals surface area contributed by atoms with Gasteiger partial charge in [0.1, 0.15) is 17.9 Å². The maximum absolute atomic E-state index is 13.0. The van der Waals surface area contributed by atoms with E-state index in [9.17, 15) is 9.59 Å². The van der Waals surface area contributed by atoms with Crippen LogP contribution in [-0.4, -0.2) is 18.5 Å². The summed E-state index contributed by atoms with van der Waals surface area (Å²) in [6.45, 7) is 5.02. The largest absolute Gasteiger partial charge is 0.489 e. The first kappa shape index (κ1) is 21.8. The number of rotatable bonds is 7. The Morgan fingerprint density at radius 3 is 2.68 bits per heavy atom. The monoisotopic (exact) mass is 455 g/mol. The zero-order valence-electron chi connectivity index (χ0n) is 19.2. The van der Waals surface area contributed by atoms with E-state index in [1.54, 1.807) is 18.1 Å². The SMILES string of the molecule is CCOC(=O)Cc1coc2cc(OCc3cccc4c3CN(c3ccc(C)cc3)C4=O)ccc12. The summed E-state index contributed by atoms with van der Waals surface area (Å²) in [5, 5.41) is 0.861. The summed E-state index contributed by atoms with van der Waals surface area (Å²) in [5.74, 6) is 0.381. The van der Waals surface area contributed by atoms with Crippen LogP contribution in [0.4, 0.5) is 5.69 Å². The number of amides is 1. The van der Waals surface area contributed by atoms with Gasteiger partial charge in [-0.15, -0.1) is 0 Å². The molecule has 0 radical (unpaired) electrons. The van der Waals surface area contributed by atoms with Gasteiger partial charge in [-0.3, -0.25) is 9.59 Å². The quantitative estimate of drug-likeness (QED) is 0.340.